The molecule has 0 saturated carbocycles. The summed E-state index contributed by atoms with van der Waals surface area (Å²) in [6.07, 6.45) is 0. The van der Waals surface area contributed by atoms with E-state index in [0.717, 1.165) is 29.2 Å². The first-order valence-electron chi connectivity index (χ1n) is 6.41. The van der Waals surface area contributed by atoms with E-state index in [-0.39, 0.29) is 0 Å². The molecule has 0 radical (unpaired) electrons. The smallest absolute Gasteiger partial charge is 0.133 e. The van der Waals surface area contributed by atoms with E-state index < -0.39 is 0 Å². The average Bonchev–Trinajstić information content (AvgIpc) is 2.43. The molecule has 2 aromatic carbocycles. The Morgan fingerprint density at radius 1 is 1.15 bits per heavy atom. The molecular formula is C16H18ClNO2. The van der Waals surface area contributed by atoms with Crippen LogP contribution >= 0.6 is 11.6 Å². The molecule has 0 aliphatic rings. The van der Waals surface area contributed by atoms with Crippen molar-refractivity contribution in [3.63, 3.8) is 0 Å². The van der Waals surface area contributed by atoms with Crippen LogP contribution in [0.5, 0.6) is 11.5 Å². The van der Waals surface area contributed by atoms with Gasteiger partial charge in [0.05, 0.1) is 6.61 Å². The summed E-state index contributed by atoms with van der Waals surface area (Å²) in [6.45, 7) is 1.29. The van der Waals surface area contributed by atoms with Crippen molar-refractivity contribution in [1.82, 2.24) is 5.32 Å². The predicted octanol–water partition coefficient (Wildman–Crippen LogP) is 4.00. The Bertz CT molecular complexity index is 572. The fourth-order valence-electron chi connectivity index (χ4n) is 1.95. The lowest BCUT2D eigenvalue weighted by atomic mass is 10.2. The van der Waals surface area contributed by atoms with Crippen molar-refractivity contribution in [2.24, 2.45) is 0 Å². The molecule has 2 rings (SSSR count). The highest BCUT2D eigenvalue weighted by atomic mass is 35.5. The lowest BCUT2D eigenvalue weighted by molar-refractivity contribution is 0.184. The summed E-state index contributed by atoms with van der Waals surface area (Å²) in [6, 6.07) is 13.5. The van der Waals surface area contributed by atoms with E-state index in [0.29, 0.717) is 11.6 Å². The Labute approximate surface area is 124 Å². The molecule has 4 heteroatoms. The van der Waals surface area contributed by atoms with Crippen LogP contribution in [0.4, 0.5) is 0 Å². The molecule has 0 saturated heterocycles. The summed E-state index contributed by atoms with van der Waals surface area (Å²) in [7, 11) is 3.58. The molecule has 0 heterocycles. The van der Waals surface area contributed by atoms with E-state index in [2.05, 4.69) is 5.32 Å². The van der Waals surface area contributed by atoms with E-state index in [9.17, 15) is 0 Å². The van der Waals surface area contributed by atoms with E-state index in [1.54, 1.807) is 7.11 Å². The maximum absolute atomic E-state index is 6.04. The van der Waals surface area contributed by atoms with E-state index >= 15 is 0 Å². The van der Waals surface area contributed by atoms with Gasteiger partial charge in [0.15, 0.2) is 0 Å². The van der Waals surface area contributed by atoms with Gasteiger partial charge in [0.25, 0.3) is 0 Å². The SMILES string of the molecule is CNCc1ccc(Cl)cc1Oc1cccc(COC)c1. The van der Waals surface area contributed by atoms with Gasteiger partial charge in [-0.05, 0) is 36.9 Å². The van der Waals surface area contributed by atoms with Crippen LogP contribution < -0.4 is 10.1 Å². The molecule has 0 atom stereocenters. The average molecular weight is 292 g/mol. The van der Waals surface area contributed by atoms with Crippen molar-refractivity contribution in [3.8, 4) is 11.5 Å². The second-order valence-electron chi connectivity index (χ2n) is 4.46. The lowest BCUT2D eigenvalue weighted by Crippen LogP contribution is -2.06. The maximum atomic E-state index is 6.04. The standard InChI is InChI=1S/C16H18ClNO2/c1-18-10-13-6-7-14(17)9-16(13)20-15-5-3-4-12(8-15)11-19-2/h3-9,18H,10-11H2,1-2H3. The number of rotatable bonds is 6. The van der Waals surface area contributed by atoms with Crippen molar-refractivity contribution in [3.05, 3.63) is 58.6 Å². The molecule has 0 aromatic heterocycles. The number of hydrogen-bond donors (Lipinski definition) is 1. The van der Waals surface area contributed by atoms with Gasteiger partial charge in [-0.15, -0.1) is 0 Å². The van der Waals surface area contributed by atoms with Gasteiger partial charge in [-0.1, -0.05) is 29.8 Å². The molecule has 0 bridgehead atoms. The number of hydrogen-bond acceptors (Lipinski definition) is 3. The van der Waals surface area contributed by atoms with Crippen LogP contribution in [0.1, 0.15) is 11.1 Å². The van der Waals surface area contributed by atoms with Crippen LogP contribution in [0, 0.1) is 0 Å². The van der Waals surface area contributed by atoms with Gasteiger partial charge in [0, 0.05) is 24.2 Å². The number of halogens is 1. The summed E-state index contributed by atoms with van der Waals surface area (Å²) >= 11 is 6.04. The summed E-state index contributed by atoms with van der Waals surface area (Å²) in [4.78, 5) is 0. The van der Waals surface area contributed by atoms with Crippen molar-refractivity contribution in [2.75, 3.05) is 14.2 Å². The second-order valence-corrected chi connectivity index (χ2v) is 4.90. The molecule has 0 fully saturated rings. The Kier molecular flexibility index (Phi) is 5.41. The molecule has 2 aromatic rings. The molecule has 0 unspecified atom stereocenters. The largest absolute Gasteiger partial charge is 0.457 e. The third-order valence-corrected chi connectivity index (χ3v) is 3.07. The highest BCUT2D eigenvalue weighted by Crippen LogP contribution is 2.29. The minimum atomic E-state index is 0.566. The van der Waals surface area contributed by atoms with Crippen molar-refractivity contribution >= 4 is 11.6 Å². The van der Waals surface area contributed by atoms with Gasteiger partial charge in [-0.3, -0.25) is 0 Å². The zero-order chi connectivity index (χ0) is 14.4. The highest BCUT2D eigenvalue weighted by Gasteiger charge is 2.06. The Hall–Kier alpha value is -1.55. The van der Waals surface area contributed by atoms with Gasteiger partial charge in [-0.2, -0.15) is 0 Å². The topological polar surface area (TPSA) is 30.5 Å². The minimum Gasteiger partial charge on any atom is -0.457 e. The van der Waals surface area contributed by atoms with Gasteiger partial charge in [0.1, 0.15) is 11.5 Å². The van der Waals surface area contributed by atoms with Crippen LogP contribution in [0.25, 0.3) is 0 Å². The number of benzene rings is 2. The zero-order valence-corrected chi connectivity index (χ0v) is 12.4. The Balaban J connectivity index is 2.24. The monoisotopic (exact) mass is 291 g/mol. The highest BCUT2D eigenvalue weighted by molar-refractivity contribution is 6.30. The third kappa shape index (κ3) is 3.97. The summed E-state index contributed by atoms with van der Waals surface area (Å²) in [5.74, 6) is 1.54. The Morgan fingerprint density at radius 2 is 2.00 bits per heavy atom. The van der Waals surface area contributed by atoms with Crippen LogP contribution in [0.15, 0.2) is 42.5 Å². The predicted molar refractivity (Wildman–Crippen MR) is 81.4 cm³/mol. The molecule has 106 valence electrons. The zero-order valence-electron chi connectivity index (χ0n) is 11.7. The van der Waals surface area contributed by atoms with Gasteiger partial charge in [-0.25, -0.2) is 0 Å². The molecule has 20 heavy (non-hydrogen) atoms. The quantitative estimate of drug-likeness (QED) is 0.873. The van der Waals surface area contributed by atoms with Crippen LogP contribution in [-0.4, -0.2) is 14.2 Å². The van der Waals surface area contributed by atoms with Gasteiger partial charge >= 0.3 is 0 Å². The molecule has 3 nitrogen and oxygen atoms in total. The van der Waals surface area contributed by atoms with E-state index in [1.807, 2.05) is 49.5 Å². The first kappa shape index (κ1) is 14.9. The number of methoxy groups -OCH3 is 1. The second kappa shape index (κ2) is 7.29. The van der Waals surface area contributed by atoms with Crippen LogP contribution in [0.3, 0.4) is 0 Å². The first-order chi connectivity index (χ1) is 9.72. The Morgan fingerprint density at radius 3 is 2.75 bits per heavy atom. The van der Waals surface area contributed by atoms with Crippen molar-refractivity contribution in [2.45, 2.75) is 13.2 Å². The van der Waals surface area contributed by atoms with E-state index in [4.69, 9.17) is 21.1 Å². The van der Waals surface area contributed by atoms with Crippen LogP contribution in [-0.2, 0) is 17.9 Å². The molecule has 0 amide bonds. The third-order valence-electron chi connectivity index (χ3n) is 2.83. The van der Waals surface area contributed by atoms with Gasteiger partial charge in [0.2, 0.25) is 0 Å². The molecule has 0 aliphatic heterocycles. The fraction of sp³-hybridized carbons (Fsp3) is 0.250. The maximum Gasteiger partial charge on any atom is 0.133 e. The number of nitrogens with one attached hydrogen (secondary N) is 1. The first-order valence-corrected chi connectivity index (χ1v) is 6.79. The van der Waals surface area contributed by atoms with Crippen molar-refractivity contribution in [1.29, 1.82) is 0 Å². The molecular weight excluding hydrogens is 274 g/mol. The van der Waals surface area contributed by atoms with Crippen molar-refractivity contribution < 1.29 is 9.47 Å². The summed E-state index contributed by atoms with van der Waals surface area (Å²) < 4.78 is 11.1. The minimum absolute atomic E-state index is 0.566. The molecule has 0 aliphatic carbocycles. The van der Waals surface area contributed by atoms with E-state index in [1.165, 1.54) is 0 Å². The van der Waals surface area contributed by atoms with Crippen LogP contribution in [0.2, 0.25) is 5.02 Å². The normalized spacial score (nSPS) is 10.6. The lowest BCUT2D eigenvalue weighted by Gasteiger charge is -2.12. The fourth-order valence-corrected chi connectivity index (χ4v) is 2.11. The summed E-state index contributed by atoms with van der Waals surface area (Å²) in [5, 5.41) is 3.78. The molecule has 1 N–H and O–H groups in total. The number of ether oxygens (including phenoxy) is 2. The summed E-state index contributed by atoms with van der Waals surface area (Å²) in [5.41, 5.74) is 2.14. The molecule has 0 spiro atoms. The van der Waals surface area contributed by atoms with Gasteiger partial charge < -0.3 is 14.8 Å².